The van der Waals surface area contributed by atoms with Crippen molar-refractivity contribution < 1.29 is 9.21 Å². The number of nitrogens with one attached hydrogen (secondary N) is 1. The molecular formula is C15H17NO2. The lowest BCUT2D eigenvalue weighted by Crippen LogP contribution is -2.32. The van der Waals surface area contributed by atoms with E-state index in [0.717, 1.165) is 23.8 Å². The third-order valence-electron chi connectivity index (χ3n) is 3.59. The van der Waals surface area contributed by atoms with Crippen LogP contribution < -0.4 is 5.32 Å². The van der Waals surface area contributed by atoms with E-state index in [1.54, 1.807) is 0 Å². The highest BCUT2D eigenvalue weighted by Gasteiger charge is 2.20. The molecular weight excluding hydrogens is 226 g/mol. The third kappa shape index (κ3) is 2.13. The number of hydrogen-bond acceptors (Lipinski definition) is 2. The van der Waals surface area contributed by atoms with Crippen LogP contribution in [0.4, 0.5) is 0 Å². The molecule has 0 bridgehead atoms. The van der Waals surface area contributed by atoms with E-state index in [-0.39, 0.29) is 5.91 Å². The summed E-state index contributed by atoms with van der Waals surface area (Å²) in [7, 11) is 0. The van der Waals surface area contributed by atoms with Crippen molar-refractivity contribution in [3.05, 3.63) is 35.6 Å². The van der Waals surface area contributed by atoms with E-state index in [0.29, 0.717) is 11.8 Å². The van der Waals surface area contributed by atoms with Crippen molar-refractivity contribution in [3.63, 3.8) is 0 Å². The molecule has 1 fully saturated rings. The highest BCUT2D eigenvalue weighted by atomic mass is 16.3. The van der Waals surface area contributed by atoms with Gasteiger partial charge in [0, 0.05) is 11.4 Å². The van der Waals surface area contributed by atoms with Gasteiger partial charge in [0.1, 0.15) is 5.58 Å². The Balaban J connectivity index is 1.82. The van der Waals surface area contributed by atoms with Gasteiger partial charge in [-0.3, -0.25) is 4.79 Å². The van der Waals surface area contributed by atoms with Gasteiger partial charge in [-0.25, -0.2) is 0 Å². The second kappa shape index (κ2) is 4.48. The zero-order valence-corrected chi connectivity index (χ0v) is 10.5. The van der Waals surface area contributed by atoms with Crippen LogP contribution in [0.1, 0.15) is 41.8 Å². The minimum Gasteiger partial charge on any atom is -0.451 e. The summed E-state index contributed by atoms with van der Waals surface area (Å²) in [6.45, 7) is 2.03. The minimum atomic E-state index is -0.0873. The van der Waals surface area contributed by atoms with Crippen molar-refractivity contribution in [1.82, 2.24) is 5.32 Å². The Hall–Kier alpha value is -1.77. The van der Waals surface area contributed by atoms with Crippen LogP contribution in [-0.2, 0) is 0 Å². The first-order valence-corrected chi connectivity index (χ1v) is 6.53. The zero-order chi connectivity index (χ0) is 12.5. The van der Waals surface area contributed by atoms with Gasteiger partial charge < -0.3 is 9.73 Å². The first-order valence-electron chi connectivity index (χ1n) is 6.53. The van der Waals surface area contributed by atoms with Crippen LogP contribution in [0, 0.1) is 6.92 Å². The first kappa shape index (κ1) is 11.3. The zero-order valence-electron chi connectivity index (χ0n) is 10.5. The lowest BCUT2D eigenvalue weighted by Gasteiger charge is -2.09. The molecule has 0 aliphatic heterocycles. The van der Waals surface area contributed by atoms with Crippen molar-refractivity contribution in [2.24, 2.45) is 0 Å². The van der Waals surface area contributed by atoms with Gasteiger partial charge in [0.2, 0.25) is 0 Å². The maximum atomic E-state index is 12.1. The summed E-state index contributed by atoms with van der Waals surface area (Å²) in [5.41, 5.74) is 1.95. The standard InChI is InChI=1S/C15H17NO2/c1-10-6-7-13-11(8-10)9-14(18-13)15(17)16-12-4-2-3-5-12/h6-9,12H,2-5H2,1H3,(H,16,17). The second-order valence-electron chi connectivity index (χ2n) is 5.11. The molecule has 1 aliphatic rings. The van der Waals surface area contributed by atoms with E-state index >= 15 is 0 Å². The summed E-state index contributed by atoms with van der Waals surface area (Å²) in [5, 5.41) is 4.03. The molecule has 1 aromatic carbocycles. The maximum Gasteiger partial charge on any atom is 0.287 e. The molecule has 94 valence electrons. The monoisotopic (exact) mass is 243 g/mol. The summed E-state index contributed by atoms with van der Waals surface area (Å²) in [4.78, 5) is 12.1. The molecule has 1 aliphatic carbocycles. The van der Waals surface area contributed by atoms with E-state index < -0.39 is 0 Å². The SMILES string of the molecule is Cc1ccc2oc(C(=O)NC3CCCC3)cc2c1. The highest BCUT2D eigenvalue weighted by Crippen LogP contribution is 2.22. The minimum absolute atomic E-state index is 0.0873. The molecule has 0 atom stereocenters. The van der Waals surface area contributed by atoms with Gasteiger partial charge in [-0.05, 0) is 38.0 Å². The number of hydrogen-bond donors (Lipinski definition) is 1. The second-order valence-corrected chi connectivity index (χ2v) is 5.11. The quantitative estimate of drug-likeness (QED) is 0.878. The van der Waals surface area contributed by atoms with Crippen molar-refractivity contribution in [2.45, 2.75) is 38.6 Å². The van der Waals surface area contributed by atoms with Gasteiger partial charge in [-0.15, -0.1) is 0 Å². The Morgan fingerprint density at radius 3 is 2.83 bits per heavy atom. The van der Waals surface area contributed by atoms with Gasteiger partial charge in [0.15, 0.2) is 5.76 Å². The molecule has 1 amide bonds. The summed E-state index contributed by atoms with van der Waals surface area (Å²) < 4.78 is 5.58. The smallest absolute Gasteiger partial charge is 0.287 e. The normalized spacial score (nSPS) is 16.3. The fraction of sp³-hybridized carbons (Fsp3) is 0.400. The Labute approximate surface area is 106 Å². The Kier molecular flexibility index (Phi) is 2.82. The molecule has 3 heteroatoms. The van der Waals surface area contributed by atoms with Crippen molar-refractivity contribution in [3.8, 4) is 0 Å². The van der Waals surface area contributed by atoms with E-state index in [4.69, 9.17) is 4.42 Å². The molecule has 0 radical (unpaired) electrons. The maximum absolute atomic E-state index is 12.1. The summed E-state index contributed by atoms with van der Waals surface area (Å²) in [5.74, 6) is 0.332. The van der Waals surface area contributed by atoms with Crippen molar-refractivity contribution in [1.29, 1.82) is 0 Å². The van der Waals surface area contributed by atoms with Gasteiger partial charge in [0.05, 0.1) is 0 Å². The van der Waals surface area contributed by atoms with Crippen LogP contribution in [0.15, 0.2) is 28.7 Å². The summed E-state index contributed by atoms with van der Waals surface area (Å²) in [6, 6.07) is 8.09. The van der Waals surface area contributed by atoms with Gasteiger partial charge >= 0.3 is 0 Å². The fourth-order valence-corrected chi connectivity index (χ4v) is 2.60. The molecule has 18 heavy (non-hydrogen) atoms. The topological polar surface area (TPSA) is 42.2 Å². The number of amides is 1. The predicted octanol–water partition coefficient (Wildman–Crippen LogP) is 3.41. The van der Waals surface area contributed by atoms with Crippen LogP contribution >= 0.6 is 0 Å². The Bertz CT molecular complexity index is 579. The molecule has 1 N–H and O–H groups in total. The molecule has 0 unspecified atom stereocenters. The Morgan fingerprint density at radius 2 is 2.06 bits per heavy atom. The number of furan rings is 1. The van der Waals surface area contributed by atoms with Gasteiger partial charge in [-0.1, -0.05) is 24.5 Å². The number of carbonyl (C=O) groups excluding carboxylic acids is 1. The van der Waals surface area contributed by atoms with Gasteiger partial charge in [0.25, 0.3) is 5.91 Å². The van der Waals surface area contributed by atoms with E-state index in [1.807, 2.05) is 31.2 Å². The number of aryl methyl sites for hydroxylation is 1. The van der Waals surface area contributed by atoms with Crippen LogP contribution in [-0.4, -0.2) is 11.9 Å². The summed E-state index contributed by atoms with van der Waals surface area (Å²) in [6.07, 6.45) is 4.60. The predicted molar refractivity (Wildman–Crippen MR) is 70.7 cm³/mol. The van der Waals surface area contributed by atoms with Crippen molar-refractivity contribution >= 4 is 16.9 Å². The molecule has 3 nitrogen and oxygen atoms in total. The van der Waals surface area contributed by atoms with Crippen LogP contribution in [0.3, 0.4) is 0 Å². The number of fused-ring (bicyclic) bond motifs is 1. The summed E-state index contributed by atoms with van der Waals surface area (Å²) >= 11 is 0. The molecule has 1 aromatic heterocycles. The highest BCUT2D eigenvalue weighted by molar-refractivity contribution is 5.96. The lowest BCUT2D eigenvalue weighted by atomic mass is 10.2. The average molecular weight is 243 g/mol. The average Bonchev–Trinajstić information content (AvgIpc) is 2.96. The lowest BCUT2D eigenvalue weighted by molar-refractivity contribution is 0.0912. The molecule has 1 saturated carbocycles. The Morgan fingerprint density at radius 1 is 1.28 bits per heavy atom. The van der Waals surface area contributed by atoms with E-state index in [2.05, 4.69) is 5.32 Å². The van der Waals surface area contributed by atoms with E-state index in [1.165, 1.54) is 18.4 Å². The van der Waals surface area contributed by atoms with Crippen molar-refractivity contribution in [2.75, 3.05) is 0 Å². The first-order chi connectivity index (χ1) is 8.72. The van der Waals surface area contributed by atoms with Crippen LogP contribution in [0.25, 0.3) is 11.0 Å². The fourth-order valence-electron chi connectivity index (χ4n) is 2.60. The van der Waals surface area contributed by atoms with Gasteiger partial charge in [-0.2, -0.15) is 0 Å². The number of benzene rings is 1. The number of carbonyl (C=O) groups is 1. The molecule has 2 aromatic rings. The largest absolute Gasteiger partial charge is 0.451 e. The number of rotatable bonds is 2. The van der Waals surface area contributed by atoms with E-state index in [9.17, 15) is 4.79 Å². The van der Waals surface area contributed by atoms with Crippen LogP contribution in [0.2, 0.25) is 0 Å². The molecule has 1 heterocycles. The molecule has 0 spiro atoms. The molecule has 3 rings (SSSR count). The third-order valence-corrected chi connectivity index (χ3v) is 3.59. The molecule has 0 saturated heterocycles. The van der Waals surface area contributed by atoms with Crippen LogP contribution in [0.5, 0.6) is 0 Å².